The van der Waals surface area contributed by atoms with Crippen LogP contribution in [-0.4, -0.2) is 22.4 Å². The summed E-state index contributed by atoms with van der Waals surface area (Å²) < 4.78 is 41.2. The molecule has 0 fully saturated rings. The SMILES string of the molecule is O=C(NCCn1nc(C(F)(F)F)c2c1CCCC2)NCc1cccc2ccccc12. The number of nitrogens with zero attached hydrogens (tertiary/aromatic N) is 2. The second kappa shape index (κ2) is 8.38. The van der Waals surface area contributed by atoms with Crippen LogP contribution in [0.25, 0.3) is 10.8 Å². The van der Waals surface area contributed by atoms with E-state index in [9.17, 15) is 18.0 Å². The van der Waals surface area contributed by atoms with Gasteiger partial charge in [-0.25, -0.2) is 4.79 Å². The Morgan fingerprint density at radius 3 is 2.63 bits per heavy atom. The van der Waals surface area contributed by atoms with Crippen molar-refractivity contribution in [1.29, 1.82) is 0 Å². The van der Waals surface area contributed by atoms with Gasteiger partial charge in [0.25, 0.3) is 0 Å². The molecule has 1 aliphatic rings. The van der Waals surface area contributed by atoms with Crippen LogP contribution in [0.4, 0.5) is 18.0 Å². The molecule has 2 aromatic carbocycles. The molecule has 1 aromatic heterocycles. The second-order valence-electron chi connectivity index (χ2n) is 7.45. The maximum atomic E-state index is 13.3. The van der Waals surface area contributed by atoms with Crippen molar-refractivity contribution in [3.8, 4) is 0 Å². The Kier molecular flexibility index (Phi) is 5.65. The van der Waals surface area contributed by atoms with Gasteiger partial charge < -0.3 is 10.6 Å². The largest absolute Gasteiger partial charge is 0.435 e. The van der Waals surface area contributed by atoms with E-state index >= 15 is 0 Å². The average Bonchev–Trinajstić information content (AvgIpc) is 3.11. The van der Waals surface area contributed by atoms with Crippen LogP contribution < -0.4 is 10.6 Å². The summed E-state index contributed by atoms with van der Waals surface area (Å²) in [5.74, 6) is 0. The van der Waals surface area contributed by atoms with Gasteiger partial charge in [0.15, 0.2) is 5.69 Å². The van der Waals surface area contributed by atoms with Crippen molar-refractivity contribution in [3.63, 3.8) is 0 Å². The zero-order chi connectivity index (χ0) is 21.1. The van der Waals surface area contributed by atoms with Crippen molar-refractivity contribution in [3.05, 3.63) is 65.0 Å². The lowest BCUT2D eigenvalue weighted by Crippen LogP contribution is -2.37. The molecular weight excluding hydrogens is 393 g/mol. The standard InChI is InChI=1S/C22H23F3N4O/c23-22(24,25)20-18-10-3-4-11-19(18)29(28-20)13-12-26-21(30)27-14-16-8-5-7-15-6-1-2-9-17(15)16/h1-2,5-9H,3-4,10-14H2,(H2,26,27,30). The first-order valence-electron chi connectivity index (χ1n) is 10.1. The number of hydrogen-bond acceptors (Lipinski definition) is 2. The summed E-state index contributed by atoms with van der Waals surface area (Å²) >= 11 is 0. The molecule has 0 saturated heterocycles. The molecule has 0 unspecified atom stereocenters. The van der Waals surface area contributed by atoms with Crippen LogP contribution in [0, 0.1) is 0 Å². The van der Waals surface area contributed by atoms with E-state index in [4.69, 9.17) is 0 Å². The molecule has 30 heavy (non-hydrogen) atoms. The fourth-order valence-corrected chi connectivity index (χ4v) is 4.04. The van der Waals surface area contributed by atoms with Gasteiger partial charge in [-0.05, 0) is 42.0 Å². The molecule has 5 nitrogen and oxygen atoms in total. The van der Waals surface area contributed by atoms with Crippen molar-refractivity contribution in [2.75, 3.05) is 6.54 Å². The van der Waals surface area contributed by atoms with Crippen LogP contribution in [0.3, 0.4) is 0 Å². The molecule has 3 aromatic rings. The Hall–Kier alpha value is -3.03. The van der Waals surface area contributed by atoms with E-state index in [0.29, 0.717) is 30.6 Å². The summed E-state index contributed by atoms with van der Waals surface area (Å²) in [4.78, 5) is 12.2. The highest BCUT2D eigenvalue weighted by atomic mass is 19.4. The Balaban J connectivity index is 1.34. The maximum absolute atomic E-state index is 13.3. The minimum Gasteiger partial charge on any atom is -0.336 e. The highest BCUT2D eigenvalue weighted by Crippen LogP contribution is 2.35. The summed E-state index contributed by atoms with van der Waals surface area (Å²) in [7, 11) is 0. The topological polar surface area (TPSA) is 59.0 Å². The third-order valence-electron chi connectivity index (χ3n) is 5.45. The first-order chi connectivity index (χ1) is 14.4. The molecule has 2 amide bonds. The van der Waals surface area contributed by atoms with E-state index in [1.165, 1.54) is 4.68 Å². The van der Waals surface area contributed by atoms with Crippen LogP contribution >= 0.6 is 0 Å². The number of fused-ring (bicyclic) bond motifs is 2. The number of benzene rings is 2. The number of carbonyl (C=O) groups is 1. The van der Waals surface area contributed by atoms with Gasteiger partial charge in [-0.2, -0.15) is 18.3 Å². The second-order valence-corrected chi connectivity index (χ2v) is 7.45. The van der Waals surface area contributed by atoms with Crippen LogP contribution in [0.15, 0.2) is 42.5 Å². The highest BCUT2D eigenvalue weighted by Gasteiger charge is 2.39. The molecule has 1 heterocycles. The quantitative estimate of drug-likeness (QED) is 0.646. The highest BCUT2D eigenvalue weighted by molar-refractivity contribution is 5.86. The number of aromatic nitrogens is 2. The molecule has 0 spiro atoms. The lowest BCUT2D eigenvalue weighted by molar-refractivity contribution is -0.142. The molecule has 0 aliphatic heterocycles. The summed E-state index contributed by atoms with van der Waals surface area (Å²) in [6.07, 6.45) is -1.85. The Morgan fingerprint density at radius 2 is 1.80 bits per heavy atom. The molecule has 158 valence electrons. The van der Waals surface area contributed by atoms with Gasteiger partial charge in [-0.3, -0.25) is 4.68 Å². The van der Waals surface area contributed by atoms with Gasteiger partial charge in [-0.15, -0.1) is 0 Å². The predicted octanol–water partition coefficient (Wildman–Crippen LogP) is 4.43. The van der Waals surface area contributed by atoms with Crippen molar-refractivity contribution >= 4 is 16.8 Å². The van der Waals surface area contributed by atoms with E-state index in [1.807, 2.05) is 42.5 Å². The van der Waals surface area contributed by atoms with E-state index in [-0.39, 0.29) is 19.1 Å². The van der Waals surface area contributed by atoms with Gasteiger partial charge in [0.1, 0.15) is 0 Å². The zero-order valence-corrected chi connectivity index (χ0v) is 16.4. The molecule has 0 bridgehead atoms. The lowest BCUT2D eigenvalue weighted by atomic mass is 9.95. The number of hydrogen-bond donors (Lipinski definition) is 2. The number of halogens is 3. The number of carbonyl (C=O) groups excluding carboxylic acids is 1. The molecular formula is C22H23F3N4O. The molecule has 0 atom stereocenters. The molecule has 2 N–H and O–H groups in total. The zero-order valence-electron chi connectivity index (χ0n) is 16.4. The molecule has 0 saturated carbocycles. The number of rotatable bonds is 5. The first kappa shape index (κ1) is 20.3. The van der Waals surface area contributed by atoms with Gasteiger partial charge >= 0.3 is 12.2 Å². The van der Waals surface area contributed by atoms with Crippen LogP contribution in [-0.2, 0) is 32.1 Å². The van der Waals surface area contributed by atoms with E-state index in [2.05, 4.69) is 15.7 Å². The van der Waals surface area contributed by atoms with Gasteiger partial charge in [-0.1, -0.05) is 42.5 Å². The number of urea groups is 1. The van der Waals surface area contributed by atoms with Crippen molar-refractivity contribution in [1.82, 2.24) is 20.4 Å². The van der Waals surface area contributed by atoms with Gasteiger partial charge in [0.2, 0.25) is 0 Å². The maximum Gasteiger partial charge on any atom is 0.435 e. The van der Waals surface area contributed by atoms with E-state index in [1.54, 1.807) is 0 Å². The van der Waals surface area contributed by atoms with Crippen LogP contribution in [0.5, 0.6) is 0 Å². The first-order valence-corrected chi connectivity index (χ1v) is 10.1. The summed E-state index contributed by atoms with van der Waals surface area (Å²) in [6, 6.07) is 13.5. The normalized spacial score (nSPS) is 13.8. The lowest BCUT2D eigenvalue weighted by Gasteiger charge is -2.15. The monoisotopic (exact) mass is 416 g/mol. The number of alkyl halides is 3. The molecule has 4 rings (SSSR count). The average molecular weight is 416 g/mol. The summed E-state index contributed by atoms with van der Waals surface area (Å²) in [5.41, 5.74) is 1.18. The predicted molar refractivity (Wildman–Crippen MR) is 108 cm³/mol. The number of nitrogens with one attached hydrogen (secondary N) is 2. The van der Waals surface area contributed by atoms with Crippen molar-refractivity contribution < 1.29 is 18.0 Å². The smallest absolute Gasteiger partial charge is 0.336 e. The van der Waals surface area contributed by atoms with Crippen molar-refractivity contribution in [2.45, 2.75) is 44.9 Å². The Labute approximate surface area is 172 Å². The van der Waals surface area contributed by atoms with Crippen LogP contribution in [0.2, 0.25) is 0 Å². The van der Waals surface area contributed by atoms with E-state index < -0.39 is 11.9 Å². The van der Waals surface area contributed by atoms with Crippen LogP contribution in [0.1, 0.15) is 35.4 Å². The number of amides is 2. The third-order valence-corrected chi connectivity index (χ3v) is 5.45. The van der Waals surface area contributed by atoms with Gasteiger partial charge in [0, 0.05) is 24.3 Å². The minimum atomic E-state index is -4.45. The molecule has 8 heteroatoms. The van der Waals surface area contributed by atoms with Crippen molar-refractivity contribution in [2.24, 2.45) is 0 Å². The molecule has 1 aliphatic carbocycles. The van der Waals surface area contributed by atoms with E-state index in [0.717, 1.165) is 29.2 Å². The summed E-state index contributed by atoms with van der Waals surface area (Å²) in [5, 5.41) is 11.5. The molecule has 0 radical (unpaired) electrons. The third kappa shape index (κ3) is 4.27. The minimum absolute atomic E-state index is 0.201. The Bertz CT molecular complexity index is 1050. The Morgan fingerprint density at radius 1 is 1.03 bits per heavy atom. The fraction of sp³-hybridized carbons (Fsp3) is 0.364. The van der Waals surface area contributed by atoms with Gasteiger partial charge in [0.05, 0.1) is 6.54 Å². The summed E-state index contributed by atoms with van der Waals surface area (Å²) in [6.45, 7) is 0.773. The fourth-order valence-electron chi connectivity index (χ4n) is 4.04.